The number of amides is 1. The lowest BCUT2D eigenvalue weighted by molar-refractivity contribution is -0.117. The SMILES string of the molecule is COC(=O)c1ccc(NC(=O)CN2CCC(C(=O)c3ccc(F)cc3)CC2)cc1. The summed E-state index contributed by atoms with van der Waals surface area (Å²) in [5.41, 5.74) is 1.54. The number of ketones is 1. The van der Waals surface area contributed by atoms with Crippen LogP contribution in [0.1, 0.15) is 33.6 Å². The molecule has 1 fully saturated rings. The molecule has 2 aromatic carbocycles. The second kappa shape index (κ2) is 9.43. The van der Waals surface area contributed by atoms with Crippen LogP contribution in [-0.2, 0) is 9.53 Å². The zero-order valence-corrected chi connectivity index (χ0v) is 16.2. The number of Topliss-reactive ketones (excluding diaryl/α,β-unsaturated/α-hetero) is 1. The highest BCUT2D eigenvalue weighted by Gasteiger charge is 2.26. The monoisotopic (exact) mass is 398 g/mol. The van der Waals surface area contributed by atoms with Crippen molar-refractivity contribution in [2.75, 3.05) is 32.1 Å². The smallest absolute Gasteiger partial charge is 0.337 e. The maximum Gasteiger partial charge on any atom is 0.337 e. The zero-order valence-electron chi connectivity index (χ0n) is 16.2. The summed E-state index contributed by atoms with van der Waals surface area (Å²) in [4.78, 5) is 38.2. The normalized spacial score (nSPS) is 15.0. The molecule has 7 heteroatoms. The van der Waals surface area contributed by atoms with Gasteiger partial charge in [-0.3, -0.25) is 14.5 Å². The van der Waals surface area contributed by atoms with Gasteiger partial charge in [-0.1, -0.05) is 0 Å². The topological polar surface area (TPSA) is 75.7 Å². The molecular weight excluding hydrogens is 375 g/mol. The number of carbonyl (C=O) groups excluding carboxylic acids is 3. The summed E-state index contributed by atoms with van der Waals surface area (Å²) >= 11 is 0. The Morgan fingerprint density at radius 3 is 2.17 bits per heavy atom. The van der Waals surface area contributed by atoms with Gasteiger partial charge in [-0.25, -0.2) is 9.18 Å². The summed E-state index contributed by atoms with van der Waals surface area (Å²) in [5, 5.41) is 2.80. The lowest BCUT2D eigenvalue weighted by Crippen LogP contribution is -2.40. The minimum absolute atomic E-state index is 0.0276. The fourth-order valence-corrected chi connectivity index (χ4v) is 3.41. The summed E-state index contributed by atoms with van der Waals surface area (Å²) in [6.07, 6.45) is 1.33. The van der Waals surface area contributed by atoms with E-state index in [1.54, 1.807) is 24.3 Å². The average Bonchev–Trinajstić information content (AvgIpc) is 2.74. The van der Waals surface area contributed by atoms with Crippen molar-refractivity contribution in [3.8, 4) is 0 Å². The second-order valence-electron chi connectivity index (χ2n) is 7.04. The van der Waals surface area contributed by atoms with Crippen LogP contribution in [0, 0.1) is 11.7 Å². The van der Waals surface area contributed by atoms with Crippen LogP contribution in [0.2, 0.25) is 0 Å². The number of methoxy groups -OCH3 is 1. The quantitative estimate of drug-likeness (QED) is 0.598. The highest BCUT2D eigenvalue weighted by atomic mass is 19.1. The fourth-order valence-electron chi connectivity index (χ4n) is 3.41. The average molecular weight is 398 g/mol. The molecule has 0 bridgehead atoms. The Labute approximate surface area is 168 Å². The molecule has 2 aromatic rings. The third kappa shape index (κ3) is 5.48. The first kappa shape index (κ1) is 20.7. The lowest BCUT2D eigenvalue weighted by atomic mass is 9.89. The Morgan fingerprint density at radius 1 is 1.00 bits per heavy atom. The van der Waals surface area contributed by atoms with Crippen LogP contribution in [0.5, 0.6) is 0 Å². The van der Waals surface area contributed by atoms with Gasteiger partial charge in [0, 0.05) is 17.2 Å². The molecule has 29 heavy (non-hydrogen) atoms. The van der Waals surface area contributed by atoms with E-state index < -0.39 is 5.97 Å². The molecule has 6 nitrogen and oxygen atoms in total. The molecule has 1 saturated heterocycles. The minimum atomic E-state index is -0.430. The number of rotatable bonds is 6. The molecule has 0 spiro atoms. The molecule has 1 heterocycles. The van der Waals surface area contributed by atoms with Crippen molar-refractivity contribution in [1.29, 1.82) is 0 Å². The Morgan fingerprint density at radius 2 is 1.59 bits per heavy atom. The molecule has 0 aliphatic carbocycles. The van der Waals surface area contributed by atoms with Crippen LogP contribution in [0.15, 0.2) is 48.5 Å². The Hall–Kier alpha value is -3.06. The molecule has 3 rings (SSSR count). The van der Waals surface area contributed by atoms with Crippen LogP contribution in [-0.4, -0.2) is 49.3 Å². The molecule has 0 unspecified atom stereocenters. The molecule has 0 aromatic heterocycles. The first-order valence-electron chi connectivity index (χ1n) is 9.46. The van der Waals surface area contributed by atoms with Crippen molar-refractivity contribution in [3.63, 3.8) is 0 Å². The Bertz CT molecular complexity index is 873. The Balaban J connectivity index is 1.46. The number of carbonyl (C=O) groups is 3. The summed E-state index contributed by atoms with van der Waals surface area (Å²) in [6.45, 7) is 1.52. The number of hydrogen-bond acceptors (Lipinski definition) is 5. The highest BCUT2D eigenvalue weighted by Crippen LogP contribution is 2.22. The predicted octanol–water partition coefficient (Wildman–Crippen LogP) is 3.15. The zero-order chi connectivity index (χ0) is 20.8. The van der Waals surface area contributed by atoms with Gasteiger partial charge in [-0.2, -0.15) is 0 Å². The largest absolute Gasteiger partial charge is 0.465 e. The third-order valence-corrected chi connectivity index (χ3v) is 5.04. The summed E-state index contributed by atoms with van der Waals surface area (Å²) in [5.74, 6) is -1.02. The van der Waals surface area contributed by atoms with E-state index >= 15 is 0 Å². The van der Waals surface area contributed by atoms with E-state index in [-0.39, 0.29) is 30.0 Å². The number of hydrogen-bond donors (Lipinski definition) is 1. The van der Waals surface area contributed by atoms with E-state index in [9.17, 15) is 18.8 Å². The van der Waals surface area contributed by atoms with E-state index in [1.807, 2.05) is 4.90 Å². The van der Waals surface area contributed by atoms with E-state index in [0.717, 1.165) is 0 Å². The van der Waals surface area contributed by atoms with Crippen molar-refractivity contribution in [1.82, 2.24) is 4.90 Å². The van der Waals surface area contributed by atoms with Gasteiger partial charge in [0.1, 0.15) is 5.82 Å². The molecule has 1 N–H and O–H groups in total. The van der Waals surface area contributed by atoms with Gasteiger partial charge in [-0.05, 0) is 74.5 Å². The van der Waals surface area contributed by atoms with Crippen molar-refractivity contribution in [2.24, 2.45) is 5.92 Å². The molecule has 0 atom stereocenters. The molecule has 0 radical (unpaired) electrons. The number of nitrogens with zero attached hydrogens (tertiary/aromatic N) is 1. The van der Waals surface area contributed by atoms with Gasteiger partial charge in [0.15, 0.2) is 5.78 Å². The third-order valence-electron chi connectivity index (χ3n) is 5.04. The van der Waals surface area contributed by atoms with Gasteiger partial charge in [0.25, 0.3) is 0 Å². The van der Waals surface area contributed by atoms with Crippen molar-refractivity contribution < 1.29 is 23.5 Å². The maximum atomic E-state index is 13.0. The molecule has 1 aliphatic rings. The number of ether oxygens (including phenoxy) is 1. The van der Waals surface area contributed by atoms with E-state index in [4.69, 9.17) is 0 Å². The molecule has 152 valence electrons. The van der Waals surface area contributed by atoms with Gasteiger partial charge in [-0.15, -0.1) is 0 Å². The molecular formula is C22H23FN2O4. The molecule has 1 amide bonds. The fraction of sp³-hybridized carbons (Fsp3) is 0.318. The number of likely N-dealkylation sites (tertiary alicyclic amines) is 1. The summed E-state index contributed by atoms with van der Waals surface area (Å²) in [7, 11) is 1.31. The van der Waals surface area contributed by atoms with Crippen LogP contribution in [0.3, 0.4) is 0 Å². The summed E-state index contributed by atoms with van der Waals surface area (Å²) < 4.78 is 17.7. The first-order valence-corrected chi connectivity index (χ1v) is 9.46. The van der Waals surface area contributed by atoms with Crippen LogP contribution >= 0.6 is 0 Å². The minimum Gasteiger partial charge on any atom is -0.465 e. The highest BCUT2D eigenvalue weighted by molar-refractivity contribution is 5.98. The van der Waals surface area contributed by atoms with E-state index in [1.165, 1.54) is 31.4 Å². The van der Waals surface area contributed by atoms with Crippen LogP contribution < -0.4 is 5.32 Å². The van der Waals surface area contributed by atoms with Crippen LogP contribution in [0.25, 0.3) is 0 Å². The van der Waals surface area contributed by atoms with Crippen molar-refractivity contribution in [2.45, 2.75) is 12.8 Å². The van der Waals surface area contributed by atoms with Gasteiger partial charge in [0.05, 0.1) is 19.2 Å². The second-order valence-corrected chi connectivity index (χ2v) is 7.04. The van der Waals surface area contributed by atoms with Gasteiger partial charge < -0.3 is 10.1 Å². The van der Waals surface area contributed by atoms with Crippen molar-refractivity contribution in [3.05, 3.63) is 65.5 Å². The number of piperidine rings is 1. The number of nitrogens with one attached hydrogen (secondary N) is 1. The van der Waals surface area contributed by atoms with Gasteiger partial charge >= 0.3 is 5.97 Å². The lowest BCUT2D eigenvalue weighted by Gasteiger charge is -2.30. The van der Waals surface area contributed by atoms with Crippen LogP contribution in [0.4, 0.5) is 10.1 Å². The van der Waals surface area contributed by atoms with Gasteiger partial charge in [0.2, 0.25) is 5.91 Å². The number of halogens is 1. The predicted molar refractivity (Wildman–Crippen MR) is 106 cm³/mol. The molecule has 1 aliphatic heterocycles. The van der Waals surface area contributed by atoms with E-state index in [2.05, 4.69) is 10.1 Å². The number of benzene rings is 2. The molecule has 0 saturated carbocycles. The van der Waals surface area contributed by atoms with Crippen molar-refractivity contribution >= 4 is 23.3 Å². The van der Waals surface area contributed by atoms with E-state index in [0.29, 0.717) is 42.7 Å². The first-order chi connectivity index (χ1) is 14.0. The number of anilines is 1. The summed E-state index contributed by atoms with van der Waals surface area (Å²) in [6, 6.07) is 12.1. The number of esters is 1. The Kier molecular flexibility index (Phi) is 6.72. The maximum absolute atomic E-state index is 13.0. The standard InChI is InChI=1S/C22H23FN2O4/c1-29-22(28)17-4-8-19(9-5-17)24-20(26)14-25-12-10-16(11-13-25)21(27)15-2-6-18(23)7-3-15/h2-9,16H,10-14H2,1H3,(H,24,26).